The van der Waals surface area contributed by atoms with Gasteiger partial charge in [-0.25, -0.2) is 4.79 Å². The molecule has 0 spiro atoms. The van der Waals surface area contributed by atoms with Crippen LogP contribution >= 0.6 is 0 Å². The van der Waals surface area contributed by atoms with Gasteiger partial charge in [-0.15, -0.1) is 0 Å². The van der Waals surface area contributed by atoms with E-state index < -0.39 is 6.09 Å². The minimum absolute atomic E-state index is 0.0203. The van der Waals surface area contributed by atoms with Crippen LogP contribution in [-0.4, -0.2) is 73.1 Å². The van der Waals surface area contributed by atoms with Gasteiger partial charge in [0, 0.05) is 62.6 Å². The summed E-state index contributed by atoms with van der Waals surface area (Å²) >= 11 is 0. The van der Waals surface area contributed by atoms with E-state index in [0.717, 1.165) is 43.9 Å². The maximum atomic E-state index is 12.9. The van der Waals surface area contributed by atoms with Crippen LogP contribution in [0.4, 0.5) is 10.5 Å². The van der Waals surface area contributed by atoms with Gasteiger partial charge in [0.2, 0.25) is 0 Å². The molecule has 8 nitrogen and oxygen atoms in total. The lowest BCUT2D eigenvalue weighted by molar-refractivity contribution is 0.0772. The molecule has 0 aliphatic carbocycles. The van der Waals surface area contributed by atoms with Gasteiger partial charge < -0.3 is 14.1 Å². The van der Waals surface area contributed by atoms with Gasteiger partial charge in [-0.2, -0.15) is 0 Å². The first kappa shape index (κ1) is 26.4. The molecule has 1 aliphatic heterocycles. The highest BCUT2D eigenvalue weighted by Gasteiger charge is 2.27. The monoisotopic (exact) mass is 504 g/mol. The summed E-state index contributed by atoms with van der Waals surface area (Å²) in [4.78, 5) is 31.4. The molecule has 2 amide bonds. The van der Waals surface area contributed by atoms with E-state index in [9.17, 15) is 9.59 Å². The lowest BCUT2D eigenvalue weighted by Gasteiger charge is -2.40. The summed E-state index contributed by atoms with van der Waals surface area (Å²) in [6.07, 6.45) is 3.02. The number of methoxy groups -OCH3 is 1. The molecule has 1 N–H and O–H groups in total. The predicted octanol–water partition coefficient (Wildman–Crippen LogP) is 4.85. The maximum Gasteiger partial charge on any atom is 0.411 e. The zero-order chi connectivity index (χ0) is 26.2. The fourth-order valence-electron chi connectivity index (χ4n) is 4.89. The van der Waals surface area contributed by atoms with E-state index in [0.29, 0.717) is 24.3 Å². The summed E-state index contributed by atoms with van der Waals surface area (Å²) in [6, 6.07) is 17.8. The van der Waals surface area contributed by atoms with Crippen LogP contribution < -0.4 is 5.32 Å². The number of piperazine rings is 1. The number of amides is 2. The molecule has 0 saturated carbocycles. The summed E-state index contributed by atoms with van der Waals surface area (Å²) in [6.45, 7) is 9.86. The fraction of sp³-hybridized carbons (Fsp3) is 0.379. The van der Waals surface area contributed by atoms with Crippen molar-refractivity contribution in [2.75, 3.05) is 51.7 Å². The fourth-order valence-corrected chi connectivity index (χ4v) is 4.89. The minimum Gasteiger partial charge on any atom is -0.472 e. The maximum absolute atomic E-state index is 12.9. The molecule has 1 aromatic heterocycles. The van der Waals surface area contributed by atoms with Crippen molar-refractivity contribution in [1.29, 1.82) is 0 Å². The molecule has 1 fully saturated rings. The van der Waals surface area contributed by atoms with E-state index in [4.69, 9.17) is 9.15 Å². The highest BCUT2D eigenvalue weighted by Crippen LogP contribution is 2.32. The first-order valence-electron chi connectivity index (χ1n) is 12.8. The van der Waals surface area contributed by atoms with Crippen LogP contribution in [0.1, 0.15) is 46.9 Å². The van der Waals surface area contributed by atoms with Crippen molar-refractivity contribution in [3.05, 3.63) is 89.4 Å². The summed E-state index contributed by atoms with van der Waals surface area (Å²) in [5.41, 5.74) is 4.73. The Kier molecular flexibility index (Phi) is 8.98. The molecule has 8 heteroatoms. The number of rotatable bonds is 9. The number of hydrogen-bond donors (Lipinski definition) is 1. The highest BCUT2D eigenvalue weighted by atomic mass is 16.5. The zero-order valence-electron chi connectivity index (χ0n) is 21.9. The van der Waals surface area contributed by atoms with Gasteiger partial charge in [-0.1, -0.05) is 24.3 Å². The van der Waals surface area contributed by atoms with Gasteiger partial charge in [-0.3, -0.25) is 19.9 Å². The molecule has 2 aromatic carbocycles. The Labute approximate surface area is 218 Å². The second-order valence-electron chi connectivity index (χ2n) is 9.19. The largest absolute Gasteiger partial charge is 0.472 e. The van der Waals surface area contributed by atoms with Crippen molar-refractivity contribution in [3.8, 4) is 0 Å². The molecule has 1 atom stereocenters. The topological polar surface area (TPSA) is 78.3 Å². The van der Waals surface area contributed by atoms with Gasteiger partial charge in [0.05, 0.1) is 25.7 Å². The number of hydrogen-bond acceptors (Lipinski definition) is 6. The molecule has 1 saturated heterocycles. The Balaban J connectivity index is 1.58. The van der Waals surface area contributed by atoms with Gasteiger partial charge in [0.25, 0.3) is 5.91 Å². The van der Waals surface area contributed by atoms with E-state index >= 15 is 0 Å². The number of carbonyl (C=O) groups excluding carboxylic acids is 2. The first-order chi connectivity index (χ1) is 18.0. The molecule has 1 aliphatic rings. The SMILES string of the molecule is CCN(CC)C(=O)c1ccc([C@@H](c2cccc(NC(=O)OC)c2)N2CCN(Cc3ccoc3)CC2)cc1. The van der Waals surface area contributed by atoms with Crippen molar-refractivity contribution in [3.63, 3.8) is 0 Å². The smallest absolute Gasteiger partial charge is 0.411 e. The number of carbonyl (C=O) groups is 2. The van der Waals surface area contributed by atoms with Crippen molar-refractivity contribution in [2.45, 2.75) is 26.4 Å². The third-order valence-electron chi connectivity index (χ3n) is 6.92. The lowest BCUT2D eigenvalue weighted by atomic mass is 9.94. The second kappa shape index (κ2) is 12.6. The van der Waals surface area contributed by atoms with Gasteiger partial charge in [0.1, 0.15) is 0 Å². The molecule has 3 aromatic rings. The lowest BCUT2D eigenvalue weighted by Crippen LogP contribution is -2.47. The molecular formula is C29H36N4O4. The Bertz CT molecular complexity index is 1150. The number of benzene rings is 2. The molecule has 196 valence electrons. The van der Waals surface area contributed by atoms with Crippen LogP contribution in [-0.2, 0) is 11.3 Å². The van der Waals surface area contributed by atoms with Crippen molar-refractivity contribution < 1.29 is 18.7 Å². The van der Waals surface area contributed by atoms with E-state index in [1.54, 1.807) is 12.5 Å². The number of anilines is 1. The summed E-state index contributed by atoms with van der Waals surface area (Å²) in [5, 5.41) is 2.78. The van der Waals surface area contributed by atoms with Gasteiger partial charge >= 0.3 is 6.09 Å². The van der Waals surface area contributed by atoms with Crippen molar-refractivity contribution in [1.82, 2.24) is 14.7 Å². The van der Waals surface area contributed by atoms with Gasteiger partial charge in [-0.05, 0) is 55.3 Å². The molecule has 0 bridgehead atoms. The minimum atomic E-state index is -0.499. The average Bonchev–Trinajstić information content (AvgIpc) is 3.44. The summed E-state index contributed by atoms with van der Waals surface area (Å²) < 4.78 is 10.0. The zero-order valence-corrected chi connectivity index (χ0v) is 21.9. The Morgan fingerprint density at radius 2 is 1.73 bits per heavy atom. The van der Waals surface area contributed by atoms with Crippen LogP contribution in [0.15, 0.2) is 71.5 Å². The van der Waals surface area contributed by atoms with Gasteiger partial charge in [0.15, 0.2) is 0 Å². The molecule has 2 heterocycles. The van der Waals surface area contributed by atoms with Crippen LogP contribution in [0.2, 0.25) is 0 Å². The molecule has 0 unspecified atom stereocenters. The third kappa shape index (κ3) is 6.58. The first-order valence-corrected chi connectivity index (χ1v) is 12.8. The number of nitrogens with zero attached hydrogens (tertiary/aromatic N) is 3. The van der Waals surface area contributed by atoms with Crippen LogP contribution in [0.5, 0.6) is 0 Å². The quantitative estimate of drug-likeness (QED) is 0.449. The number of ether oxygens (including phenoxy) is 1. The normalized spacial score (nSPS) is 15.2. The molecule has 4 rings (SSSR count). The highest BCUT2D eigenvalue weighted by molar-refractivity contribution is 5.94. The van der Waals surface area contributed by atoms with Crippen LogP contribution in [0.3, 0.4) is 0 Å². The average molecular weight is 505 g/mol. The van der Waals surface area contributed by atoms with E-state index in [1.165, 1.54) is 12.7 Å². The number of furan rings is 1. The van der Waals surface area contributed by atoms with E-state index in [2.05, 4.69) is 33.3 Å². The molecular weight excluding hydrogens is 468 g/mol. The molecule has 0 radical (unpaired) electrons. The van der Waals surface area contributed by atoms with Crippen molar-refractivity contribution >= 4 is 17.7 Å². The Hall–Kier alpha value is -3.62. The number of nitrogens with one attached hydrogen (secondary N) is 1. The Morgan fingerprint density at radius 1 is 1.00 bits per heavy atom. The van der Waals surface area contributed by atoms with Crippen LogP contribution in [0, 0.1) is 0 Å². The second-order valence-corrected chi connectivity index (χ2v) is 9.19. The summed E-state index contributed by atoms with van der Waals surface area (Å²) in [7, 11) is 1.35. The molecule has 37 heavy (non-hydrogen) atoms. The van der Waals surface area contributed by atoms with E-state index in [-0.39, 0.29) is 11.9 Å². The van der Waals surface area contributed by atoms with Crippen LogP contribution in [0.25, 0.3) is 0 Å². The summed E-state index contributed by atoms with van der Waals surface area (Å²) in [5.74, 6) is 0.0465. The standard InChI is InChI=1S/C29H36N4O4/c1-4-32(5-2)28(34)24-11-9-23(10-12-24)27(25-7-6-8-26(19-25)30-29(35)36-3)33-16-14-31(15-17-33)20-22-13-18-37-21-22/h6-13,18-19,21,27H,4-5,14-17,20H2,1-3H3,(H,30,35)/t27-/m0/s1. The van der Waals surface area contributed by atoms with Crippen molar-refractivity contribution in [2.24, 2.45) is 0 Å². The van der Waals surface area contributed by atoms with E-state index in [1.807, 2.05) is 55.1 Å². The third-order valence-corrected chi connectivity index (χ3v) is 6.92. The Morgan fingerprint density at radius 3 is 2.35 bits per heavy atom. The predicted molar refractivity (Wildman–Crippen MR) is 144 cm³/mol.